The van der Waals surface area contributed by atoms with Crippen molar-refractivity contribution in [3.63, 3.8) is 0 Å². The number of anilines is 1. The summed E-state index contributed by atoms with van der Waals surface area (Å²) in [5.41, 5.74) is 3.47. The van der Waals surface area contributed by atoms with Crippen LogP contribution in [0.4, 0.5) is 5.82 Å². The molecule has 0 saturated heterocycles. The molecule has 0 unspecified atom stereocenters. The lowest BCUT2D eigenvalue weighted by Gasteiger charge is -2.20. The average molecular weight is 368 g/mol. The van der Waals surface area contributed by atoms with Gasteiger partial charge in [0, 0.05) is 11.8 Å². The van der Waals surface area contributed by atoms with E-state index < -0.39 is 0 Å². The predicted molar refractivity (Wildman–Crippen MR) is 98.0 cm³/mol. The Kier molecular flexibility index (Phi) is 4.26. The minimum Gasteiger partial charge on any atom is -0.486 e. The summed E-state index contributed by atoms with van der Waals surface area (Å²) in [4.78, 5) is 21.5. The van der Waals surface area contributed by atoms with E-state index in [-0.39, 0.29) is 5.91 Å². The van der Waals surface area contributed by atoms with E-state index in [1.807, 2.05) is 26.0 Å². The van der Waals surface area contributed by atoms with Crippen molar-refractivity contribution in [2.45, 2.75) is 13.8 Å². The molecule has 0 spiro atoms. The third-order valence-corrected chi connectivity index (χ3v) is 4.91. The first-order chi connectivity index (χ1) is 12.6. The molecule has 4 rings (SSSR count). The van der Waals surface area contributed by atoms with Crippen LogP contribution in [0.2, 0.25) is 0 Å². The standard InChI is InChI=1S/C18H16N4O3S/c1-10-5-14-15(25-4-3-24-14)6-12(10)13-8-20-16(9-19-13)22-18(23)17-11(2)7-21-26-17/h5-9H,3-4H2,1-2H3,(H,20,22,23). The molecule has 2 aromatic heterocycles. The normalized spacial score (nSPS) is 12.7. The summed E-state index contributed by atoms with van der Waals surface area (Å²) in [6.45, 7) is 4.91. The second-order valence-corrected chi connectivity index (χ2v) is 6.69. The van der Waals surface area contributed by atoms with Gasteiger partial charge < -0.3 is 14.8 Å². The highest BCUT2D eigenvalue weighted by atomic mass is 32.1. The Hall–Kier alpha value is -3.00. The molecule has 1 aliphatic rings. The maximum atomic E-state index is 12.2. The topological polar surface area (TPSA) is 86.2 Å². The molecule has 0 fully saturated rings. The highest BCUT2D eigenvalue weighted by Crippen LogP contribution is 2.36. The molecule has 0 saturated carbocycles. The number of nitrogens with zero attached hydrogens (tertiary/aromatic N) is 3. The number of aryl methyl sites for hydroxylation is 2. The third-order valence-electron chi connectivity index (χ3n) is 4.01. The molecule has 0 aliphatic carbocycles. The number of carbonyl (C=O) groups is 1. The number of hydrogen-bond donors (Lipinski definition) is 1. The monoisotopic (exact) mass is 368 g/mol. The van der Waals surface area contributed by atoms with Crippen molar-refractivity contribution in [1.29, 1.82) is 0 Å². The smallest absolute Gasteiger partial charge is 0.268 e. The molecule has 1 aliphatic heterocycles. The fourth-order valence-corrected chi connectivity index (χ4v) is 3.33. The van der Waals surface area contributed by atoms with Crippen molar-refractivity contribution < 1.29 is 14.3 Å². The molecular formula is C18H16N4O3S. The van der Waals surface area contributed by atoms with Gasteiger partial charge in [-0.2, -0.15) is 0 Å². The largest absolute Gasteiger partial charge is 0.486 e. The maximum absolute atomic E-state index is 12.2. The summed E-state index contributed by atoms with van der Waals surface area (Å²) < 4.78 is 15.2. The van der Waals surface area contributed by atoms with E-state index >= 15 is 0 Å². The number of aromatic nitrogens is 3. The average Bonchev–Trinajstić information content (AvgIpc) is 3.08. The van der Waals surface area contributed by atoms with Crippen molar-refractivity contribution in [2.75, 3.05) is 18.5 Å². The summed E-state index contributed by atoms with van der Waals surface area (Å²) in [5.74, 6) is 1.61. The van der Waals surface area contributed by atoms with Gasteiger partial charge in [0.05, 0.1) is 18.1 Å². The zero-order valence-corrected chi connectivity index (χ0v) is 15.1. The van der Waals surface area contributed by atoms with Crippen molar-refractivity contribution >= 4 is 23.3 Å². The summed E-state index contributed by atoms with van der Waals surface area (Å²) in [6.07, 6.45) is 4.84. The van der Waals surface area contributed by atoms with Gasteiger partial charge in [-0.1, -0.05) is 0 Å². The van der Waals surface area contributed by atoms with Gasteiger partial charge in [-0.15, -0.1) is 0 Å². The van der Waals surface area contributed by atoms with Gasteiger partial charge in [0.25, 0.3) is 5.91 Å². The Morgan fingerprint density at radius 2 is 1.81 bits per heavy atom. The quantitative estimate of drug-likeness (QED) is 0.764. The molecule has 7 nitrogen and oxygen atoms in total. The van der Waals surface area contributed by atoms with E-state index in [0.717, 1.165) is 34.0 Å². The molecule has 1 N–H and O–H groups in total. The summed E-state index contributed by atoms with van der Waals surface area (Å²) >= 11 is 1.16. The van der Waals surface area contributed by atoms with Gasteiger partial charge >= 0.3 is 0 Å². The predicted octanol–water partition coefficient (Wildman–Crippen LogP) is 3.24. The Labute approximate surface area is 154 Å². The van der Waals surface area contributed by atoms with Crippen LogP contribution in [-0.2, 0) is 0 Å². The summed E-state index contributed by atoms with van der Waals surface area (Å²) in [7, 11) is 0. The molecule has 3 heterocycles. The molecule has 0 bridgehead atoms. The highest BCUT2D eigenvalue weighted by Gasteiger charge is 2.16. The van der Waals surface area contributed by atoms with Crippen LogP contribution in [-0.4, -0.2) is 33.5 Å². The van der Waals surface area contributed by atoms with Crippen LogP contribution in [0, 0.1) is 13.8 Å². The number of rotatable bonds is 3. The molecule has 0 radical (unpaired) electrons. The minimum atomic E-state index is -0.234. The van der Waals surface area contributed by atoms with Crippen molar-refractivity contribution in [3.05, 3.63) is 46.7 Å². The first-order valence-electron chi connectivity index (χ1n) is 8.07. The van der Waals surface area contributed by atoms with Crippen LogP contribution in [0.5, 0.6) is 11.5 Å². The molecular weight excluding hydrogens is 352 g/mol. The first-order valence-corrected chi connectivity index (χ1v) is 8.84. The Bertz CT molecular complexity index is 969. The van der Waals surface area contributed by atoms with E-state index in [2.05, 4.69) is 19.7 Å². The summed E-state index contributed by atoms with van der Waals surface area (Å²) in [6, 6.07) is 3.85. The van der Waals surface area contributed by atoms with Crippen LogP contribution in [0.25, 0.3) is 11.3 Å². The van der Waals surface area contributed by atoms with Crippen molar-refractivity contribution in [3.8, 4) is 22.8 Å². The van der Waals surface area contributed by atoms with Gasteiger partial charge in [0.1, 0.15) is 18.1 Å². The SMILES string of the molecule is Cc1cc2c(cc1-c1cnc(NC(=O)c3sncc3C)cn1)OCCO2. The fourth-order valence-electron chi connectivity index (χ4n) is 2.68. The number of ether oxygens (including phenoxy) is 2. The third kappa shape index (κ3) is 3.11. The number of amides is 1. The lowest BCUT2D eigenvalue weighted by molar-refractivity contribution is 0.102. The van der Waals surface area contributed by atoms with Crippen molar-refractivity contribution in [1.82, 2.24) is 14.3 Å². The number of carbonyl (C=O) groups excluding carboxylic acids is 1. The van der Waals surface area contributed by atoms with E-state index in [1.165, 1.54) is 0 Å². The van der Waals surface area contributed by atoms with Crippen LogP contribution in [0.15, 0.2) is 30.7 Å². The molecule has 0 atom stereocenters. The fraction of sp³-hybridized carbons (Fsp3) is 0.222. The molecule has 3 aromatic rings. The van der Waals surface area contributed by atoms with Crippen LogP contribution in [0.1, 0.15) is 20.8 Å². The molecule has 1 amide bonds. The lowest BCUT2D eigenvalue weighted by Crippen LogP contribution is -2.15. The van der Waals surface area contributed by atoms with Crippen LogP contribution < -0.4 is 14.8 Å². The second-order valence-electron chi connectivity index (χ2n) is 5.89. The molecule has 1 aromatic carbocycles. The second kappa shape index (κ2) is 6.72. The minimum absolute atomic E-state index is 0.234. The van der Waals surface area contributed by atoms with Gasteiger partial charge in [-0.3, -0.25) is 9.78 Å². The Balaban J connectivity index is 1.56. The number of fused-ring (bicyclic) bond motifs is 1. The Morgan fingerprint density at radius 1 is 1.04 bits per heavy atom. The number of hydrogen-bond acceptors (Lipinski definition) is 7. The highest BCUT2D eigenvalue weighted by molar-refractivity contribution is 7.08. The number of nitrogens with one attached hydrogen (secondary N) is 1. The van der Waals surface area contributed by atoms with Crippen LogP contribution >= 0.6 is 11.5 Å². The molecule has 8 heteroatoms. The summed E-state index contributed by atoms with van der Waals surface area (Å²) in [5, 5.41) is 2.74. The van der Waals surface area contributed by atoms with Gasteiger partial charge in [0.15, 0.2) is 17.3 Å². The first kappa shape index (κ1) is 16.5. The molecule has 26 heavy (non-hydrogen) atoms. The van der Waals surface area contributed by atoms with E-state index in [4.69, 9.17) is 9.47 Å². The van der Waals surface area contributed by atoms with Crippen LogP contribution in [0.3, 0.4) is 0 Å². The number of benzene rings is 1. The van der Waals surface area contributed by atoms with Gasteiger partial charge in [0.2, 0.25) is 0 Å². The van der Waals surface area contributed by atoms with Gasteiger partial charge in [-0.25, -0.2) is 9.36 Å². The molecule has 132 valence electrons. The maximum Gasteiger partial charge on any atom is 0.268 e. The Morgan fingerprint density at radius 3 is 2.46 bits per heavy atom. The lowest BCUT2D eigenvalue weighted by atomic mass is 10.0. The zero-order chi connectivity index (χ0) is 18.1. The van der Waals surface area contributed by atoms with Crippen molar-refractivity contribution in [2.24, 2.45) is 0 Å². The van der Waals surface area contributed by atoms with E-state index in [1.54, 1.807) is 18.6 Å². The van der Waals surface area contributed by atoms with E-state index in [0.29, 0.717) is 35.4 Å². The zero-order valence-electron chi connectivity index (χ0n) is 14.3. The van der Waals surface area contributed by atoms with Gasteiger partial charge in [-0.05, 0) is 48.6 Å². The van der Waals surface area contributed by atoms with E-state index in [9.17, 15) is 4.79 Å².